The monoisotopic (exact) mass is 379 g/mol. The van der Waals surface area contributed by atoms with Crippen LogP contribution in [-0.4, -0.2) is 45.1 Å². The van der Waals surface area contributed by atoms with Gasteiger partial charge >= 0.3 is 6.03 Å². The number of hydrogen-bond acceptors (Lipinski definition) is 3. The predicted octanol–water partition coefficient (Wildman–Crippen LogP) is 2.62. The molecule has 7 heteroatoms. The second kappa shape index (κ2) is 7.88. The minimum Gasteiger partial charge on any atom is -0.343 e. The predicted molar refractivity (Wildman–Crippen MR) is 108 cm³/mol. The molecule has 4 rings (SSSR count). The molecule has 3 heterocycles. The molecule has 0 spiro atoms. The van der Waals surface area contributed by atoms with Gasteiger partial charge in [0.15, 0.2) is 0 Å². The lowest BCUT2D eigenvalue weighted by Gasteiger charge is -2.32. The van der Waals surface area contributed by atoms with Crippen molar-refractivity contribution in [2.75, 3.05) is 19.6 Å². The first-order chi connectivity index (χ1) is 13.6. The summed E-state index contributed by atoms with van der Waals surface area (Å²) in [6.07, 6.45) is 3.28. The van der Waals surface area contributed by atoms with Crippen LogP contribution >= 0.6 is 0 Å². The van der Waals surface area contributed by atoms with Crippen molar-refractivity contribution in [3.8, 4) is 0 Å². The molecule has 1 atom stereocenters. The number of H-pyrrole nitrogens is 1. The van der Waals surface area contributed by atoms with E-state index < -0.39 is 0 Å². The molecule has 1 fully saturated rings. The summed E-state index contributed by atoms with van der Waals surface area (Å²) in [5, 5.41) is 4.26. The van der Waals surface area contributed by atoms with Crippen LogP contribution < -0.4 is 10.9 Å². The van der Waals surface area contributed by atoms with Crippen molar-refractivity contribution in [1.82, 2.24) is 24.8 Å². The fourth-order valence-corrected chi connectivity index (χ4v) is 4.04. The molecular weight excluding hydrogens is 354 g/mol. The summed E-state index contributed by atoms with van der Waals surface area (Å²) in [5.74, 6) is 0.109. The molecule has 0 saturated carbocycles. The second-order valence-corrected chi connectivity index (χ2v) is 7.35. The van der Waals surface area contributed by atoms with Crippen LogP contribution in [0.5, 0.6) is 0 Å². The number of aromatic amines is 1. The fraction of sp³-hybridized carbons (Fsp3) is 0.381. The zero-order chi connectivity index (χ0) is 19.5. The third kappa shape index (κ3) is 3.78. The summed E-state index contributed by atoms with van der Waals surface area (Å²) in [4.78, 5) is 32.8. The molecular formula is C21H25N5O2. The molecule has 2 amide bonds. The van der Waals surface area contributed by atoms with Crippen molar-refractivity contribution in [2.45, 2.75) is 32.2 Å². The number of amides is 2. The van der Waals surface area contributed by atoms with Crippen molar-refractivity contribution >= 4 is 16.9 Å². The summed E-state index contributed by atoms with van der Waals surface area (Å²) in [6.45, 7) is 4.72. The maximum atomic E-state index is 12.6. The quantitative estimate of drug-likeness (QED) is 0.731. The maximum Gasteiger partial charge on any atom is 0.317 e. The van der Waals surface area contributed by atoms with Gasteiger partial charge in [-0.05, 0) is 37.3 Å². The first-order valence-corrected chi connectivity index (χ1v) is 9.74. The third-order valence-corrected chi connectivity index (χ3v) is 5.46. The van der Waals surface area contributed by atoms with Crippen LogP contribution in [0.1, 0.15) is 30.1 Å². The van der Waals surface area contributed by atoms with Crippen LogP contribution in [-0.2, 0) is 6.54 Å². The van der Waals surface area contributed by atoms with Crippen LogP contribution in [0, 0.1) is 6.92 Å². The molecule has 1 aliphatic rings. The van der Waals surface area contributed by atoms with E-state index in [0.717, 1.165) is 31.6 Å². The Labute approximate surface area is 163 Å². The SMILES string of the molecule is Cc1cc2ccccc2n1CCNC(=O)N1CCCC(c2cc(=O)[nH]cn2)C1. The summed E-state index contributed by atoms with van der Waals surface area (Å²) < 4.78 is 2.23. The number of piperidine rings is 1. The molecule has 1 unspecified atom stereocenters. The largest absolute Gasteiger partial charge is 0.343 e. The number of carbonyl (C=O) groups is 1. The van der Waals surface area contributed by atoms with Crippen molar-refractivity contribution in [2.24, 2.45) is 0 Å². The number of likely N-dealkylation sites (tertiary alicyclic amines) is 1. The Hall–Kier alpha value is -3.09. The Balaban J connectivity index is 1.36. The molecule has 2 N–H and O–H groups in total. The Morgan fingerprint density at radius 1 is 1.32 bits per heavy atom. The van der Waals surface area contributed by atoms with Crippen LogP contribution in [0.25, 0.3) is 10.9 Å². The molecule has 146 valence electrons. The number of aryl methyl sites for hydroxylation is 1. The maximum absolute atomic E-state index is 12.6. The molecule has 1 saturated heterocycles. The van der Waals surface area contributed by atoms with Crippen LogP contribution in [0.4, 0.5) is 4.79 Å². The van der Waals surface area contributed by atoms with E-state index in [1.165, 1.54) is 29.0 Å². The number of rotatable bonds is 4. The van der Waals surface area contributed by atoms with E-state index in [4.69, 9.17) is 0 Å². The Kier molecular flexibility index (Phi) is 5.14. The van der Waals surface area contributed by atoms with Gasteiger partial charge in [-0.25, -0.2) is 9.78 Å². The van der Waals surface area contributed by atoms with Gasteiger partial charge in [0.1, 0.15) is 0 Å². The average molecular weight is 379 g/mol. The van der Waals surface area contributed by atoms with Gasteiger partial charge in [-0.1, -0.05) is 18.2 Å². The smallest absolute Gasteiger partial charge is 0.317 e. The summed E-state index contributed by atoms with van der Waals surface area (Å²) >= 11 is 0. The first-order valence-electron chi connectivity index (χ1n) is 9.74. The fourth-order valence-electron chi connectivity index (χ4n) is 4.04. The minimum atomic E-state index is -0.152. The van der Waals surface area contributed by atoms with Crippen LogP contribution in [0.15, 0.2) is 47.5 Å². The van der Waals surface area contributed by atoms with Gasteiger partial charge in [0.25, 0.3) is 5.56 Å². The Morgan fingerprint density at radius 2 is 2.18 bits per heavy atom. The van der Waals surface area contributed by atoms with E-state index in [1.807, 2.05) is 17.0 Å². The van der Waals surface area contributed by atoms with E-state index in [2.05, 4.69) is 45.0 Å². The number of para-hydroxylation sites is 1. The molecule has 1 aromatic carbocycles. The van der Waals surface area contributed by atoms with Crippen LogP contribution in [0.2, 0.25) is 0 Å². The highest BCUT2D eigenvalue weighted by Crippen LogP contribution is 2.24. The highest BCUT2D eigenvalue weighted by molar-refractivity contribution is 5.81. The highest BCUT2D eigenvalue weighted by atomic mass is 16.2. The second-order valence-electron chi connectivity index (χ2n) is 7.35. The lowest BCUT2D eigenvalue weighted by Crippen LogP contribution is -2.45. The third-order valence-electron chi connectivity index (χ3n) is 5.46. The lowest BCUT2D eigenvalue weighted by atomic mass is 9.95. The Morgan fingerprint density at radius 3 is 3.04 bits per heavy atom. The number of carbonyl (C=O) groups excluding carboxylic acids is 1. The van der Waals surface area contributed by atoms with E-state index in [-0.39, 0.29) is 17.5 Å². The molecule has 7 nitrogen and oxygen atoms in total. The van der Waals surface area contributed by atoms with Crippen LogP contribution in [0.3, 0.4) is 0 Å². The van der Waals surface area contributed by atoms with Gasteiger partial charge < -0.3 is 19.8 Å². The molecule has 28 heavy (non-hydrogen) atoms. The minimum absolute atomic E-state index is 0.0522. The number of aromatic nitrogens is 3. The Bertz CT molecular complexity index is 1040. The molecule has 0 bridgehead atoms. The first kappa shape index (κ1) is 18.3. The van der Waals surface area contributed by atoms with Gasteiger partial charge in [0, 0.05) is 49.4 Å². The van der Waals surface area contributed by atoms with E-state index in [0.29, 0.717) is 13.1 Å². The number of urea groups is 1. The number of hydrogen-bond donors (Lipinski definition) is 2. The molecule has 3 aromatic rings. The van der Waals surface area contributed by atoms with Gasteiger partial charge in [0.05, 0.1) is 12.0 Å². The standard InChI is InChI=1S/C21H25N5O2/c1-15-11-16-5-2-3-7-19(16)26(15)10-8-22-21(28)25-9-4-6-17(13-25)18-12-20(27)24-14-23-18/h2-3,5,7,11-12,14,17H,4,6,8-10,13H2,1H3,(H,22,28)(H,23,24,27). The molecule has 2 aromatic heterocycles. The number of nitrogens with one attached hydrogen (secondary N) is 2. The summed E-state index contributed by atoms with van der Waals surface area (Å²) in [6, 6.07) is 11.9. The van der Waals surface area contributed by atoms with Gasteiger partial charge in [-0.15, -0.1) is 0 Å². The van der Waals surface area contributed by atoms with E-state index in [1.54, 1.807) is 0 Å². The van der Waals surface area contributed by atoms with E-state index in [9.17, 15) is 9.59 Å². The van der Waals surface area contributed by atoms with Crippen molar-refractivity contribution in [3.63, 3.8) is 0 Å². The zero-order valence-electron chi connectivity index (χ0n) is 16.0. The molecule has 0 radical (unpaired) electrons. The number of nitrogens with zero attached hydrogens (tertiary/aromatic N) is 3. The normalized spacial score (nSPS) is 17.0. The summed E-state index contributed by atoms with van der Waals surface area (Å²) in [7, 11) is 0. The van der Waals surface area contributed by atoms with Gasteiger partial charge in [-0.3, -0.25) is 4.79 Å². The highest BCUT2D eigenvalue weighted by Gasteiger charge is 2.25. The van der Waals surface area contributed by atoms with Crippen molar-refractivity contribution in [3.05, 3.63) is 64.5 Å². The molecule has 0 aliphatic carbocycles. The summed E-state index contributed by atoms with van der Waals surface area (Å²) in [5.41, 5.74) is 2.98. The average Bonchev–Trinajstić information content (AvgIpc) is 3.03. The number of benzene rings is 1. The lowest BCUT2D eigenvalue weighted by molar-refractivity contribution is 0.178. The van der Waals surface area contributed by atoms with Gasteiger partial charge in [0.2, 0.25) is 0 Å². The van der Waals surface area contributed by atoms with Crippen molar-refractivity contribution in [1.29, 1.82) is 0 Å². The topological polar surface area (TPSA) is 83.0 Å². The van der Waals surface area contributed by atoms with Gasteiger partial charge in [-0.2, -0.15) is 0 Å². The van der Waals surface area contributed by atoms with Crippen molar-refractivity contribution < 1.29 is 4.79 Å². The van der Waals surface area contributed by atoms with E-state index >= 15 is 0 Å². The number of fused-ring (bicyclic) bond motifs is 1. The molecule has 1 aliphatic heterocycles. The zero-order valence-corrected chi connectivity index (χ0v) is 16.0.